The molecule has 6 nitrogen and oxygen atoms in total. The van der Waals surface area contributed by atoms with Gasteiger partial charge in [-0.25, -0.2) is 0 Å². The van der Waals surface area contributed by atoms with Gasteiger partial charge in [0.05, 0.1) is 6.42 Å². The van der Waals surface area contributed by atoms with Crippen molar-refractivity contribution in [3.05, 3.63) is 66.2 Å². The van der Waals surface area contributed by atoms with Crippen molar-refractivity contribution < 1.29 is 14.3 Å². The molecule has 2 aromatic rings. The first kappa shape index (κ1) is 17.4. The van der Waals surface area contributed by atoms with Crippen molar-refractivity contribution >= 4 is 29.1 Å². The van der Waals surface area contributed by atoms with E-state index in [4.69, 9.17) is 17.0 Å². The van der Waals surface area contributed by atoms with Crippen LogP contribution in [0.25, 0.3) is 0 Å². The number of hydrazine groups is 1. The highest BCUT2D eigenvalue weighted by atomic mass is 32.1. The number of carbonyl (C=O) groups is 2. The summed E-state index contributed by atoms with van der Waals surface area (Å²) in [6.07, 6.45) is 0.202. The molecule has 0 bridgehead atoms. The maximum Gasteiger partial charge on any atom is 0.276 e. The van der Waals surface area contributed by atoms with Crippen molar-refractivity contribution in [1.82, 2.24) is 16.2 Å². The Kier molecular flexibility index (Phi) is 6.73. The molecule has 2 aromatic carbocycles. The number of hydrogen-bond donors (Lipinski definition) is 3. The van der Waals surface area contributed by atoms with E-state index in [0.717, 1.165) is 5.56 Å². The van der Waals surface area contributed by atoms with Crippen molar-refractivity contribution in [2.75, 3.05) is 6.61 Å². The SMILES string of the molecule is O=C(COc1ccccc1)NNC(=S)NC(=O)Cc1ccccc1. The largest absolute Gasteiger partial charge is 0.484 e. The van der Waals surface area contributed by atoms with E-state index in [-0.39, 0.29) is 24.0 Å². The van der Waals surface area contributed by atoms with E-state index >= 15 is 0 Å². The van der Waals surface area contributed by atoms with Crippen LogP contribution in [0, 0.1) is 0 Å². The van der Waals surface area contributed by atoms with E-state index in [1.54, 1.807) is 12.1 Å². The smallest absolute Gasteiger partial charge is 0.276 e. The average molecular weight is 343 g/mol. The fourth-order valence-corrected chi connectivity index (χ4v) is 1.98. The Bertz CT molecular complexity index is 693. The molecular formula is C17H17N3O3S. The summed E-state index contributed by atoms with van der Waals surface area (Å²) in [5, 5.41) is 2.50. The van der Waals surface area contributed by atoms with Gasteiger partial charge in [0.2, 0.25) is 5.91 Å². The predicted octanol–water partition coefficient (Wildman–Crippen LogP) is 1.33. The maximum absolute atomic E-state index is 11.8. The number of hydrogen-bond acceptors (Lipinski definition) is 4. The predicted molar refractivity (Wildman–Crippen MR) is 94.1 cm³/mol. The lowest BCUT2D eigenvalue weighted by molar-refractivity contribution is -0.124. The number of benzene rings is 2. The van der Waals surface area contributed by atoms with Crippen LogP contribution in [0.4, 0.5) is 0 Å². The summed E-state index contributed by atoms with van der Waals surface area (Å²) in [6.45, 7) is -0.169. The van der Waals surface area contributed by atoms with Gasteiger partial charge in [0.15, 0.2) is 11.7 Å². The van der Waals surface area contributed by atoms with Crippen LogP contribution >= 0.6 is 12.2 Å². The lowest BCUT2D eigenvalue weighted by Crippen LogP contribution is -2.49. The highest BCUT2D eigenvalue weighted by molar-refractivity contribution is 7.80. The number of carbonyl (C=O) groups excluding carboxylic acids is 2. The zero-order chi connectivity index (χ0) is 17.2. The van der Waals surface area contributed by atoms with Crippen molar-refractivity contribution in [1.29, 1.82) is 0 Å². The first-order valence-electron chi connectivity index (χ1n) is 7.24. The monoisotopic (exact) mass is 343 g/mol. The second-order valence-electron chi connectivity index (χ2n) is 4.81. The second kappa shape index (κ2) is 9.26. The van der Waals surface area contributed by atoms with E-state index < -0.39 is 5.91 Å². The zero-order valence-electron chi connectivity index (χ0n) is 12.8. The second-order valence-corrected chi connectivity index (χ2v) is 5.22. The lowest BCUT2D eigenvalue weighted by atomic mass is 10.1. The summed E-state index contributed by atoms with van der Waals surface area (Å²) >= 11 is 4.94. The highest BCUT2D eigenvalue weighted by Crippen LogP contribution is 2.07. The normalized spacial score (nSPS) is 9.67. The van der Waals surface area contributed by atoms with Gasteiger partial charge in [-0.15, -0.1) is 0 Å². The van der Waals surface area contributed by atoms with Gasteiger partial charge in [-0.1, -0.05) is 48.5 Å². The summed E-state index contributed by atoms with van der Waals surface area (Å²) in [5.41, 5.74) is 5.68. The van der Waals surface area contributed by atoms with Crippen LogP contribution in [0.2, 0.25) is 0 Å². The van der Waals surface area contributed by atoms with Crippen LogP contribution in [0.15, 0.2) is 60.7 Å². The Morgan fingerprint density at radius 3 is 2.17 bits per heavy atom. The molecule has 0 atom stereocenters. The molecule has 2 amide bonds. The minimum atomic E-state index is -0.418. The fourth-order valence-electron chi connectivity index (χ4n) is 1.81. The van der Waals surface area contributed by atoms with E-state index in [2.05, 4.69) is 16.2 Å². The van der Waals surface area contributed by atoms with Gasteiger partial charge in [-0.3, -0.25) is 20.4 Å². The molecule has 2 rings (SSSR count). The van der Waals surface area contributed by atoms with Crippen LogP contribution < -0.4 is 20.9 Å². The van der Waals surface area contributed by atoms with Gasteiger partial charge in [0, 0.05) is 0 Å². The van der Waals surface area contributed by atoms with E-state index in [1.807, 2.05) is 48.5 Å². The molecular weight excluding hydrogens is 326 g/mol. The Labute approximate surface area is 145 Å². The molecule has 0 heterocycles. The summed E-state index contributed by atoms with van der Waals surface area (Å²) in [5.74, 6) is -0.0987. The van der Waals surface area contributed by atoms with Crippen LogP contribution in [0.3, 0.4) is 0 Å². The molecule has 24 heavy (non-hydrogen) atoms. The van der Waals surface area contributed by atoms with E-state index in [9.17, 15) is 9.59 Å². The zero-order valence-corrected chi connectivity index (χ0v) is 13.6. The van der Waals surface area contributed by atoms with Crippen LogP contribution in [-0.4, -0.2) is 23.5 Å². The summed E-state index contributed by atoms with van der Waals surface area (Å²) in [6, 6.07) is 18.2. The Hall–Kier alpha value is -2.93. The van der Waals surface area contributed by atoms with Crippen molar-refractivity contribution in [3.8, 4) is 5.75 Å². The summed E-state index contributed by atoms with van der Waals surface area (Å²) in [4.78, 5) is 23.4. The molecule has 0 radical (unpaired) electrons. The number of rotatable bonds is 5. The molecule has 0 saturated carbocycles. The quantitative estimate of drug-likeness (QED) is 0.564. The van der Waals surface area contributed by atoms with Crippen molar-refractivity contribution in [2.24, 2.45) is 0 Å². The van der Waals surface area contributed by atoms with Gasteiger partial charge < -0.3 is 10.1 Å². The number of amides is 2. The third-order valence-corrected chi connectivity index (χ3v) is 3.09. The van der Waals surface area contributed by atoms with E-state index in [1.165, 1.54) is 0 Å². The Morgan fingerprint density at radius 2 is 1.50 bits per heavy atom. The molecule has 124 valence electrons. The highest BCUT2D eigenvalue weighted by Gasteiger charge is 2.07. The number of thiocarbonyl (C=S) groups is 1. The van der Waals surface area contributed by atoms with Crippen molar-refractivity contribution in [3.63, 3.8) is 0 Å². The molecule has 0 aliphatic rings. The molecule has 0 unspecified atom stereocenters. The minimum Gasteiger partial charge on any atom is -0.484 e. The summed E-state index contributed by atoms with van der Waals surface area (Å²) in [7, 11) is 0. The first-order chi connectivity index (χ1) is 11.6. The molecule has 3 N–H and O–H groups in total. The lowest BCUT2D eigenvalue weighted by Gasteiger charge is -2.11. The molecule has 0 aromatic heterocycles. The van der Waals surface area contributed by atoms with Crippen LogP contribution in [-0.2, 0) is 16.0 Å². The molecule has 0 fully saturated rings. The number of para-hydroxylation sites is 1. The van der Waals surface area contributed by atoms with Crippen LogP contribution in [0.5, 0.6) is 5.75 Å². The van der Waals surface area contributed by atoms with Crippen LogP contribution in [0.1, 0.15) is 5.56 Å². The molecule has 7 heteroatoms. The molecule has 0 spiro atoms. The Balaban J connectivity index is 1.65. The standard InChI is InChI=1S/C17H17N3O3S/c21-15(11-13-7-3-1-4-8-13)18-17(24)20-19-16(22)12-23-14-9-5-2-6-10-14/h1-10H,11-12H2,(H,19,22)(H2,18,20,21,24). The molecule has 0 aliphatic carbocycles. The third-order valence-electron chi connectivity index (χ3n) is 2.89. The van der Waals surface area contributed by atoms with Gasteiger partial charge in [0.1, 0.15) is 5.75 Å². The topological polar surface area (TPSA) is 79.5 Å². The number of ether oxygens (including phenoxy) is 1. The fraction of sp³-hybridized carbons (Fsp3) is 0.118. The average Bonchev–Trinajstić information content (AvgIpc) is 2.60. The van der Waals surface area contributed by atoms with Gasteiger partial charge in [0.25, 0.3) is 5.91 Å². The third kappa shape index (κ3) is 6.45. The summed E-state index contributed by atoms with van der Waals surface area (Å²) < 4.78 is 5.28. The molecule has 0 aliphatic heterocycles. The van der Waals surface area contributed by atoms with Crippen molar-refractivity contribution in [2.45, 2.75) is 6.42 Å². The minimum absolute atomic E-state index is 0.0176. The first-order valence-corrected chi connectivity index (χ1v) is 7.65. The maximum atomic E-state index is 11.8. The molecule has 0 saturated heterocycles. The van der Waals surface area contributed by atoms with E-state index in [0.29, 0.717) is 5.75 Å². The van der Waals surface area contributed by atoms with Gasteiger partial charge >= 0.3 is 0 Å². The van der Waals surface area contributed by atoms with Gasteiger partial charge in [-0.05, 0) is 29.9 Å². The van der Waals surface area contributed by atoms with Gasteiger partial charge in [-0.2, -0.15) is 0 Å². The Morgan fingerprint density at radius 1 is 0.875 bits per heavy atom. The number of nitrogens with one attached hydrogen (secondary N) is 3.